The topological polar surface area (TPSA) is 46.6 Å². The summed E-state index contributed by atoms with van der Waals surface area (Å²) >= 11 is 8.27. The molecule has 0 bridgehead atoms. The lowest BCUT2D eigenvalue weighted by Gasteiger charge is -2.32. The molecule has 4 nitrogen and oxygen atoms in total. The SMILES string of the molecule is CCOC(=O)C1CCN(C(=O)/C(=C/c2ccccc2Cl)CSC2CCCCC2)CC1. The van der Waals surface area contributed by atoms with E-state index >= 15 is 0 Å². The van der Waals surface area contributed by atoms with Crippen LogP contribution < -0.4 is 0 Å². The van der Waals surface area contributed by atoms with Crippen molar-refractivity contribution in [2.75, 3.05) is 25.4 Å². The van der Waals surface area contributed by atoms with E-state index in [9.17, 15) is 9.59 Å². The van der Waals surface area contributed by atoms with Crippen LogP contribution in [0.15, 0.2) is 29.8 Å². The Morgan fingerprint density at radius 3 is 2.50 bits per heavy atom. The summed E-state index contributed by atoms with van der Waals surface area (Å²) in [7, 11) is 0. The number of likely N-dealkylation sites (tertiary alicyclic amines) is 1. The zero-order valence-electron chi connectivity index (χ0n) is 17.8. The number of hydrogen-bond donors (Lipinski definition) is 0. The molecule has 1 aromatic carbocycles. The molecule has 30 heavy (non-hydrogen) atoms. The van der Waals surface area contributed by atoms with Gasteiger partial charge in [0.05, 0.1) is 12.5 Å². The monoisotopic (exact) mass is 449 g/mol. The first-order valence-corrected chi connectivity index (χ1v) is 12.5. The van der Waals surface area contributed by atoms with Crippen LogP contribution in [-0.4, -0.2) is 47.5 Å². The van der Waals surface area contributed by atoms with Crippen LogP contribution in [0.2, 0.25) is 5.02 Å². The van der Waals surface area contributed by atoms with Crippen LogP contribution in [-0.2, 0) is 14.3 Å². The molecule has 1 aliphatic heterocycles. The Balaban J connectivity index is 1.68. The van der Waals surface area contributed by atoms with Gasteiger partial charge in [-0.15, -0.1) is 0 Å². The summed E-state index contributed by atoms with van der Waals surface area (Å²) in [4.78, 5) is 27.3. The first-order valence-electron chi connectivity index (χ1n) is 11.1. The van der Waals surface area contributed by atoms with Crippen molar-refractivity contribution < 1.29 is 14.3 Å². The molecule has 2 fully saturated rings. The van der Waals surface area contributed by atoms with Gasteiger partial charge in [0.15, 0.2) is 0 Å². The van der Waals surface area contributed by atoms with Gasteiger partial charge in [-0.3, -0.25) is 9.59 Å². The molecule has 164 valence electrons. The Morgan fingerprint density at radius 1 is 1.13 bits per heavy atom. The highest BCUT2D eigenvalue weighted by molar-refractivity contribution is 8.00. The van der Waals surface area contributed by atoms with E-state index in [1.165, 1.54) is 32.1 Å². The van der Waals surface area contributed by atoms with Gasteiger partial charge in [0.2, 0.25) is 0 Å². The lowest BCUT2D eigenvalue weighted by molar-refractivity contribution is -0.150. The van der Waals surface area contributed by atoms with Crippen LogP contribution in [0.3, 0.4) is 0 Å². The van der Waals surface area contributed by atoms with Gasteiger partial charge >= 0.3 is 5.97 Å². The number of nitrogens with zero attached hydrogens (tertiary/aromatic N) is 1. The van der Waals surface area contributed by atoms with Gasteiger partial charge in [0.25, 0.3) is 5.91 Å². The molecule has 2 aliphatic rings. The van der Waals surface area contributed by atoms with Gasteiger partial charge in [-0.25, -0.2) is 0 Å². The molecule has 0 N–H and O–H groups in total. The van der Waals surface area contributed by atoms with Crippen molar-refractivity contribution in [1.82, 2.24) is 4.90 Å². The molecule has 0 radical (unpaired) electrons. The molecule has 1 saturated carbocycles. The quantitative estimate of drug-likeness (QED) is 0.402. The van der Waals surface area contributed by atoms with E-state index in [0.29, 0.717) is 48.6 Å². The van der Waals surface area contributed by atoms with Crippen molar-refractivity contribution in [3.05, 3.63) is 40.4 Å². The first-order chi connectivity index (χ1) is 14.6. The molecule has 3 rings (SSSR count). The predicted molar refractivity (Wildman–Crippen MR) is 125 cm³/mol. The summed E-state index contributed by atoms with van der Waals surface area (Å²) in [5, 5.41) is 1.29. The number of piperidine rings is 1. The third-order valence-electron chi connectivity index (χ3n) is 5.94. The van der Waals surface area contributed by atoms with Crippen molar-refractivity contribution in [3.63, 3.8) is 0 Å². The Kier molecular flexibility index (Phi) is 9.13. The zero-order chi connectivity index (χ0) is 21.3. The number of halogens is 1. The maximum absolute atomic E-state index is 13.4. The molecule has 1 amide bonds. The van der Waals surface area contributed by atoms with Gasteiger partial charge in [-0.1, -0.05) is 49.1 Å². The first kappa shape index (κ1) is 23.2. The third-order valence-corrected chi connectivity index (χ3v) is 7.70. The predicted octanol–water partition coefficient (Wildman–Crippen LogP) is 5.59. The van der Waals surface area contributed by atoms with E-state index in [0.717, 1.165) is 11.1 Å². The Labute approximate surface area is 189 Å². The summed E-state index contributed by atoms with van der Waals surface area (Å²) in [6.07, 6.45) is 9.67. The van der Waals surface area contributed by atoms with Crippen LogP contribution >= 0.6 is 23.4 Å². The van der Waals surface area contributed by atoms with Gasteiger partial charge in [0, 0.05) is 34.7 Å². The van der Waals surface area contributed by atoms with Gasteiger partial charge in [-0.2, -0.15) is 11.8 Å². The molecule has 1 heterocycles. The summed E-state index contributed by atoms with van der Waals surface area (Å²) < 4.78 is 5.15. The number of rotatable bonds is 7. The number of benzene rings is 1. The minimum atomic E-state index is -0.135. The van der Waals surface area contributed by atoms with Crippen molar-refractivity contribution >= 4 is 41.3 Å². The second-order valence-electron chi connectivity index (χ2n) is 8.08. The molecule has 6 heteroatoms. The summed E-state index contributed by atoms with van der Waals surface area (Å²) in [6, 6.07) is 7.65. The van der Waals surface area contributed by atoms with Crippen molar-refractivity contribution in [2.24, 2.45) is 5.92 Å². The fourth-order valence-corrected chi connectivity index (χ4v) is 5.64. The standard InChI is InChI=1S/C24H32ClNO3S/c1-2-29-24(28)18-12-14-26(15-13-18)23(27)20(16-19-8-6-7-11-22(19)25)17-30-21-9-4-3-5-10-21/h6-8,11,16,18,21H,2-5,9-10,12-15,17H2,1H3/b20-16+. The Hall–Kier alpha value is -1.46. The van der Waals surface area contributed by atoms with E-state index in [4.69, 9.17) is 16.3 Å². The molecule has 0 aromatic heterocycles. The minimum Gasteiger partial charge on any atom is -0.466 e. The zero-order valence-corrected chi connectivity index (χ0v) is 19.4. The maximum atomic E-state index is 13.4. The van der Waals surface area contributed by atoms with E-state index in [1.54, 1.807) is 0 Å². The van der Waals surface area contributed by atoms with E-state index in [-0.39, 0.29) is 17.8 Å². The fraction of sp³-hybridized carbons (Fsp3) is 0.583. The maximum Gasteiger partial charge on any atom is 0.309 e. The molecule has 0 unspecified atom stereocenters. The lowest BCUT2D eigenvalue weighted by Crippen LogP contribution is -2.41. The second-order valence-corrected chi connectivity index (χ2v) is 9.78. The highest BCUT2D eigenvalue weighted by atomic mass is 35.5. The summed E-state index contributed by atoms with van der Waals surface area (Å²) in [6.45, 7) is 3.42. The summed E-state index contributed by atoms with van der Waals surface area (Å²) in [5.74, 6) is 0.540. The third kappa shape index (κ3) is 6.52. The van der Waals surface area contributed by atoms with E-state index in [1.807, 2.05) is 53.9 Å². The molecule has 1 saturated heterocycles. The normalized spacial score (nSPS) is 19.0. The lowest BCUT2D eigenvalue weighted by atomic mass is 9.96. The number of carbonyl (C=O) groups excluding carboxylic acids is 2. The second kappa shape index (κ2) is 11.8. The van der Waals surface area contributed by atoms with Crippen LogP contribution in [0.5, 0.6) is 0 Å². The minimum absolute atomic E-state index is 0.0699. The molecule has 1 aliphatic carbocycles. The Bertz CT molecular complexity index is 753. The Morgan fingerprint density at radius 2 is 1.83 bits per heavy atom. The number of carbonyl (C=O) groups is 2. The van der Waals surface area contributed by atoms with Gasteiger partial charge in [-0.05, 0) is 50.3 Å². The highest BCUT2D eigenvalue weighted by Crippen LogP contribution is 2.31. The van der Waals surface area contributed by atoms with Crippen molar-refractivity contribution in [3.8, 4) is 0 Å². The highest BCUT2D eigenvalue weighted by Gasteiger charge is 2.29. The van der Waals surface area contributed by atoms with Crippen molar-refractivity contribution in [2.45, 2.75) is 57.1 Å². The number of thioether (sulfide) groups is 1. The number of esters is 1. The van der Waals surface area contributed by atoms with Gasteiger partial charge < -0.3 is 9.64 Å². The number of amides is 1. The van der Waals surface area contributed by atoms with Crippen LogP contribution in [0, 0.1) is 5.92 Å². The number of ether oxygens (including phenoxy) is 1. The molecule has 0 spiro atoms. The van der Waals surface area contributed by atoms with Crippen LogP contribution in [0.4, 0.5) is 0 Å². The van der Waals surface area contributed by atoms with Crippen LogP contribution in [0.25, 0.3) is 6.08 Å². The largest absolute Gasteiger partial charge is 0.466 e. The number of hydrogen-bond acceptors (Lipinski definition) is 4. The summed E-state index contributed by atoms with van der Waals surface area (Å²) in [5.41, 5.74) is 1.68. The molecule has 0 atom stereocenters. The van der Waals surface area contributed by atoms with Gasteiger partial charge in [0.1, 0.15) is 0 Å². The average molecular weight is 450 g/mol. The average Bonchev–Trinajstić information content (AvgIpc) is 2.78. The smallest absolute Gasteiger partial charge is 0.309 e. The molecular formula is C24H32ClNO3S. The van der Waals surface area contributed by atoms with E-state index < -0.39 is 0 Å². The van der Waals surface area contributed by atoms with Crippen molar-refractivity contribution in [1.29, 1.82) is 0 Å². The van der Waals surface area contributed by atoms with Crippen LogP contribution in [0.1, 0.15) is 57.4 Å². The van der Waals surface area contributed by atoms with E-state index in [2.05, 4.69) is 0 Å². The molecular weight excluding hydrogens is 418 g/mol. The fourth-order valence-electron chi connectivity index (χ4n) is 4.17. The molecule has 1 aromatic rings.